The van der Waals surface area contributed by atoms with Gasteiger partial charge in [-0.1, -0.05) is 24.3 Å². The average Bonchev–Trinajstić information content (AvgIpc) is 2.73. The number of benzene rings is 1. The number of carboxylic acid groups (broad SMARTS) is 2. The second kappa shape index (κ2) is 6.88. The molecular formula is C21H13N3O4. The number of para-hydroxylation sites is 1. The minimum atomic E-state index is -1.12. The van der Waals surface area contributed by atoms with Crippen LogP contribution in [0.3, 0.4) is 0 Å². The fourth-order valence-corrected chi connectivity index (χ4v) is 2.83. The Morgan fingerprint density at radius 1 is 0.679 bits per heavy atom. The lowest BCUT2D eigenvalue weighted by molar-refractivity contribution is 0.0686. The standard InChI is InChI=1S/C21H13N3O4/c25-20(26)13-7-8-22-17(9-13)19-11-14(21(27)28)10-18(24-19)16-6-5-12-3-1-2-4-15(12)23-16/h1-11H,(H,25,26)(H,27,28). The predicted molar refractivity (Wildman–Crippen MR) is 102 cm³/mol. The van der Waals surface area contributed by atoms with Crippen LogP contribution >= 0.6 is 0 Å². The smallest absolute Gasteiger partial charge is 0.335 e. The third kappa shape index (κ3) is 3.28. The van der Waals surface area contributed by atoms with Gasteiger partial charge in [-0.3, -0.25) is 4.98 Å². The molecule has 28 heavy (non-hydrogen) atoms. The van der Waals surface area contributed by atoms with Crippen LogP contribution in [0.1, 0.15) is 20.7 Å². The van der Waals surface area contributed by atoms with Crippen molar-refractivity contribution < 1.29 is 19.8 Å². The van der Waals surface area contributed by atoms with E-state index in [1.165, 1.54) is 30.5 Å². The Kier molecular flexibility index (Phi) is 4.25. The monoisotopic (exact) mass is 371 g/mol. The molecule has 7 nitrogen and oxygen atoms in total. The van der Waals surface area contributed by atoms with Gasteiger partial charge in [0.2, 0.25) is 0 Å². The fraction of sp³-hybridized carbons (Fsp3) is 0. The molecule has 0 amide bonds. The van der Waals surface area contributed by atoms with E-state index in [2.05, 4.69) is 15.0 Å². The van der Waals surface area contributed by atoms with Gasteiger partial charge in [0.1, 0.15) is 0 Å². The first-order valence-corrected chi connectivity index (χ1v) is 8.32. The topological polar surface area (TPSA) is 113 Å². The Labute approximate surface area is 159 Å². The number of carboxylic acids is 2. The molecule has 0 saturated carbocycles. The van der Waals surface area contributed by atoms with E-state index in [1.54, 1.807) is 6.07 Å². The van der Waals surface area contributed by atoms with Crippen LogP contribution < -0.4 is 0 Å². The summed E-state index contributed by atoms with van der Waals surface area (Å²) in [4.78, 5) is 36.0. The minimum absolute atomic E-state index is 0.0116. The highest BCUT2D eigenvalue weighted by Gasteiger charge is 2.14. The lowest BCUT2D eigenvalue weighted by atomic mass is 10.1. The largest absolute Gasteiger partial charge is 0.478 e. The molecule has 136 valence electrons. The second-order valence-electron chi connectivity index (χ2n) is 6.06. The first-order chi connectivity index (χ1) is 13.5. The molecule has 1 aromatic carbocycles. The van der Waals surface area contributed by atoms with Crippen LogP contribution in [0, 0.1) is 0 Å². The number of fused-ring (bicyclic) bond motifs is 1. The lowest BCUT2D eigenvalue weighted by Gasteiger charge is -2.08. The highest BCUT2D eigenvalue weighted by molar-refractivity contribution is 5.92. The summed E-state index contributed by atoms with van der Waals surface area (Å²) in [5.74, 6) is -2.23. The normalized spacial score (nSPS) is 10.7. The minimum Gasteiger partial charge on any atom is -0.478 e. The molecule has 0 unspecified atom stereocenters. The summed E-state index contributed by atoms with van der Waals surface area (Å²) in [5, 5.41) is 19.6. The Hall–Kier alpha value is -4.13. The van der Waals surface area contributed by atoms with Gasteiger partial charge in [-0.25, -0.2) is 19.6 Å². The molecule has 3 aromatic heterocycles. The summed E-state index contributed by atoms with van der Waals surface area (Å²) < 4.78 is 0. The lowest BCUT2D eigenvalue weighted by Crippen LogP contribution is -2.02. The predicted octanol–water partition coefficient (Wildman–Crippen LogP) is 3.76. The molecule has 0 aliphatic carbocycles. The molecule has 0 saturated heterocycles. The van der Waals surface area contributed by atoms with Crippen molar-refractivity contribution >= 4 is 22.8 Å². The number of nitrogens with zero attached hydrogens (tertiary/aromatic N) is 3. The van der Waals surface area contributed by atoms with Crippen LogP contribution in [-0.4, -0.2) is 37.1 Å². The number of rotatable bonds is 4. The van der Waals surface area contributed by atoms with Crippen LogP contribution in [0.2, 0.25) is 0 Å². The Morgan fingerprint density at radius 2 is 1.36 bits per heavy atom. The summed E-state index contributed by atoms with van der Waals surface area (Å²) in [6.45, 7) is 0. The van der Waals surface area contributed by atoms with E-state index >= 15 is 0 Å². The Balaban J connectivity index is 1.89. The van der Waals surface area contributed by atoms with E-state index in [0.29, 0.717) is 11.4 Å². The maximum Gasteiger partial charge on any atom is 0.335 e. The van der Waals surface area contributed by atoms with E-state index in [9.17, 15) is 19.8 Å². The SMILES string of the molecule is O=C(O)c1ccnc(-c2cc(C(=O)O)cc(-c3ccc4ccccc4n3)n2)c1. The number of aromatic carboxylic acids is 2. The molecule has 0 radical (unpaired) electrons. The molecule has 0 aliphatic rings. The number of pyridine rings is 3. The van der Waals surface area contributed by atoms with E-state index in [1.807, 2.05) is 30.3 Å². The number of aromatic nitrogens is 3. The van der Waals surface area contributed by atoms with Gasteiger partial charge in [0.15, 0.2) is 0 Å². The highest BCUT2D eigenvalue weighted by Crippen LogP contribution is 2.25. The molecule has 7 heteroatoms. The van der Waals surface area contributed by atoms with Gasteiger partial charge >= 0.3 is 11.9 Å². The van der Waals surface area contributed by atoms with Gasteiger partial charge in [-0.15, -0.1) is 0 Å². The Morgan fingerprint density at radius 3 is 2.11 bits per heavy atom. The van der Waals surface area contributed by atoms with Gasteiger partial charge in [0.05, 0.1) is 39.4 Å². The maximum absolute atomic E-state index is 11.6. The molecule has 2 N–H and O–H groups in total. The van der Waals surface area contributed by atoms with Gasteiger partial charge in [0.25, 0.3) is 0 Å². The maximum atomic E-state index is 11.6. The molecule has 3 heterocycles. The van der Waals surface area contributed by atoms with Gasteiger partial charge in [-0.2, -0.15) is 0 Å². The molecule has 0 fully saturated rings. The fourth-order valence-electron chi connectivity index (χ4n) is 2.83. The third-order valence-electron chi connectivity index (χ3n) is 4.20. The van der Waals surface area contributed by atoms with Crippen LogP contribution in [0.5, 0.6) is 0 Å². The van der Waals surface area contributed by atoms with Crippen molar-refractivity contribution in [3.05, 3.63) is 78.0 Å². The van der Waals surface area contributed by atoms with E-state index in [0.717, 1.165) is 10.9 Å². The molecular weight excluding hydrogens is 358 g/mol. The van der Waals surface area contributed by atoms with Crippen molar-refractivity contribution in [3.63, 3.8) is 0 Å². The van der Waals surface area contributed by atoms with Gasteiger partial charge in [0, 0.05) is 11.6 Å². The first kappa shape index (κ1) is 17.3. The zero-order valence-electron chi connectivity index (χ0n) is 14.4. The molecule has 4 rings (SSSR count). The second-order valence-corrected chi connectivity index (χ2v) is 6.06. The number of hydrogen-bond donors (Lipinski definition) is 2. The zero-order chi connectivity index (χ0) is 19.7. The first-order valence-electron chi connectivity index (χ1n) is 8.32. The van der Waals surface area contributed by atoms with E-state index in [-0.39, 0.29) is 22.5 Å². The molecule has 0 bridgehead atoms. The number of hydrogen-bond acceptors (Lipinski definition) is 5. The van der Waals surface area contributed by atoms with Crippen molar-refractivity contribution in [2.45, 2.75) is 0 Å². The molecule has 0 spiro atoms. The third-order valence-corrected chi connectivity index (χ3v) is 4.20. The van der Waals surface area contributed by atoms with Crippen LogP contribution in [0.4, 0.5) is 0 Å². The molecule has 0 atom stereocenters. The van der Waals surface area contributed by atoms with Crippen molar-refractivity contribution in [3.8, 4) is 22.8 Å². The van der Waals surface area contributed by atoms with Crippen LogP contribution in [0.25, 0.3) is 33.7 Å². The summed E-state index contributed by atoms with van der Waals surface area (Å²) in [5.41, 5.74) is 2.21. The summed E-state index contributed by atoms with van der Waals surface area (Å²) in [6, 6.07) is 16.7. The van der Waals surface area contributed by atoms with E-state index < -0.39 is 11.9 Å². The summed E-state index contributed by atoms with van der Waals surface area (Å²) >= 11 is 0. The zero-order valence-corrected chi connectivity index (χ0v) is 14.4. The molecule has 0 aliphatic heterocycles. The van der Waals surface area contributed by atoms with E-state index in [4.69, 9.17) is 0 Å². The highest BCUT2D eigenvalue weighted by atomic mass is 16.4. The quantitative estimate of drug-likeness (QED) is 0.561. The molecule has 4 aromatic rings. The van der Waals surface area contributed by atoms with Crippen molar-refractivity contribution in [1.82, 2.24) is 15.0 Å². The van der Waals surface area contributed by atoms with Crippen molar-refractivity contribution in [2.24, 2.45) is 0 Å². The summed E-state index contributed by atoms with van der Waals surface area (Å²) in [6.07, 6.45) is 1.35. The van der Waals surface area contributed by atoms with Crippen molar-refractivity contribution in [2.75, 3.05) is 0 Å². The van der Waals surface area contributed by atoms with Gasteiger partial charge < -0.3 is 10.2 Å². The van der Waals surface area contributed by atoms with Crippen LogP contribution in [0.15, 0.2) is 66.9 Å². The van der Waals surface area contributed by atoms with Crippen molar-refractivity contribution in [1.29, 1.82) is 0 Å². The summed E-state index contributed by atoms with van der Waals surface area (Å²) in [7, 11) is 0. The van der Waals surface area contributed by atoms with Gasteiger partial charge in [-0.05, 0) is 36.4 Å². The average molecular weight is 371 g/mol. The number of carbonyl (C=O) groups is 2. The van der Waals surface area contributed by atoms with Crippen LogP contribution in [-0.2, 0) is 0 Å². The Bertz CT molecular complexity index is 1240.